The molecule has 3 fully saturated rings. The fourth-order valence-corrected chi connectivity index (χ4v) is 7.18. The molecule has 2 heterocycles. The van der Waals surface area contributed by atoms with E-state index in [1.807, 2.05) is 17.0 Å². The molecule has 2 aromatic heterocycles. The molecule has 2 amide bonds. The third kappa shape index (κ3) is 8.56. The molecule has 0 unspecified atom stereocenters. The summed E-state index contributed by atoms with van der Waals surface area (Å²) >= 11 is 0. The first kappa shape index (κ1) is 34.0. The minimum absolute atomic E-state index is 0.0775. The third-order valence-electron chi connectivity index (χ3n) is 10.2. The van der Waals surface area contributed by atoms with Gasteiger partial charge in [0.15, 0.2) is 11.7 Å². The Morgan fingerprint density at radius 1 is 0.979 bits per heavy atom. The summed E-state index contributed by atoms with van der Waals surface area (Å²) in [7, 11) is 1.71. The number of oxazole rings is 1. The maximum atomic E-state index is 14.3. The Morgan fingerprint density at radius 3 is 2.38 bits per heavy atom. The third-order valence-corrected chi connectivity index (χ3v) is 10.2. The van der Waals surface area contributed by atoms with Gasteiger partial charge in [-0.1, -0.05) is 12.1 Å². The van der Waals surface area contributed by atoms with Gasteiger partial charge in [-0.05, 0) is 126 Å². The number of aryl methyl sites for hydroxylation is 1. The largest absolute Gasteiger partial charge is 0.496 e. The molecule has 0 spiro atoms. The molecule has 2 N–H and O–H groups in total. The van der Waals surface area contributed by atoms with Crippen LogP contribution in [0.15, 0.2) is 47.1 Å². The van der Waals surface area contributed by atoms with E-state index in [1.54, 1.807) is 33.4 Å². The smallest absolute Gasteiger partial charge is 0.407 e. The van der Waals surface area contributed by atoms with Crippen molar-refractivity contribution in [2.75, 3.05) is 25.1 Å². The molecule has 0 aliphatic heterocycles. The molecule has 1 aromatic carbocycles. The van der Waals surface area contributed by atoms with Crippen LogP contribution in [0.1, 0.15) is 107 Å². The molecular formula is C38H50N4O6. The van der Waals surface area contributed by atoms with Crippen molar-refractivity contribution in [3.05, 3.63) is 59.7 Å². The van der Waals surface area contributed by atoms with E-state index < -0.39 is 11.7 Å². The maximum absolute atomic E-state index is 14.3. The number of hydrogen-bond acceptors (Lipinski definition) is 8. The molecule has 258 valence electrons. The number of anilines is 1. The van der Waals surface area contributed by atoms with Crippen LogP contribution < -0.4 is 15.0 Å². The van der Waals surface area contributed by atoms with Crippen LogP contribution in [0, 0.1) is 18.8 Å². The van der Waals surface area contributed by atoms with Gasteiger partial charge in [0.05, 0.1) is 18.9 Å². The number of methoxy groups -OCH3 is 1. The van der Waals surface area contributed by atoms with Gasteiger partial charge in [-0.25, -0.2) is 14.8 Å². The van der Waals surface area contributed by atoms with Crippen LogP contribution >= 0.6 is 0 Å². The van der Waals surface area contributed by atoms with Crippen LogP contribution in [0.5, 0.6) is 5.75 Å². The highest BCUT2D eigenvalue weighted by molar-refractivity contribution is 5.94. The summed E-state index contributed by atoms with van der Waals surface area (Å²) in [5.74, 6) is 4.21. The van der Waals surface area contributed by atoms with Gasteiger partial charge in [0.1, 0.15) is 17.7 Å². The number of aromatic nitrogens is 2. The highest BCUT2D eigenvalue weighted by atomic mass is 16.6. The highest BCUT2D eigenvalue weighted by Crippen LogP contribution is 2.41. The average molecular weight is 659 g/mol. The second-order valence-electron chi connectivity index (χ2n) is 14.7. The molecule has 0 saturated heterocycles. The van der Waals surface area contributed by atoms with Crippen molar-refractivity contribution in [2.24, 2.45) is 11.8 Å². The number of alkyl carbamates (subject to hydrolysis) is 1. The lowest BCUT2D eigenvalue weighted by molar-refractivity contribution is -0.124. The zero-order chi connectivity index (χ0) is 33.8. The lowest BCUT2D eigenvalue weighted by atomic mass is 9.78. The number of benzene rings is 1. The summed E-state index contributed by atoms with van der Waals surface area (Å²) in [4.78, 5) is 37.8. The van der Waals surface area contributed by atoms with Crippen LogP contribution in [0.3, 0.4) is 0 Å². The van der Waals surface area contributed by atoms with Crippen molar-refractivity contribution in [1.82, 2.24) is 15.3 Å². The number of ether oxygens (including phenoxy) is 2. The molecule has 10 heteroatoms. The minimum atomic E-state index is -1.02. The topological polar surface area (TPSA) is 127 Å². The second-order valence-corrected chi connectivity index (χ2v) is 14.7. The van der Waals surface area contributed by atoms with E-state index in [9.17, 15) is 14.7 Å². The van der Waals surface area contributed by atoms with Gasteiger partial charge in [0, 0.05) is 36.7 Å². The summed E-state index contributed by atoms with van der Waals surface area (Å²) < 4.78 is 17.2. The molecule has 3 aromatic rings. The van der Waals surface area contributed by atoms with E-state index in [4.69, 9.17) is 18.9 Å². The quantitative estimate of drug-likeness (QED) is 0.220. The van der Waals surface area contributed by atoms with Gasteiger partial charge in [0.2, 0.25) is 5.91 Å². The molecule has 6 rings (SSSR count). The molecule has 10 nitrogen and oxygen atoms in total. The number of hydrogen-bond donors (Lipinski definition) is 2. The Balaban J connectivity index is 1.14. The first-order valence-corrected chi connectivity index (χ1v) is 17.6. The average Bonchev–Trinajstić information content (AvgIpc) is 3.82. The zero-order valence-corrected chi connectivity index (χ0v) is 28.7. The Kier molecular flexibility index (Phi) is 10.4. The molecule has 0 atom stereocenters. The highest BCUT2D eigenvalue weighted by Gasteiger charge is 2.35. The predicted molar refractivity (Wildman–Crippen MR) is 183 cm³/mol. The Labute approximate surface area is 283 Å². The van der Waals surface area contributed by atoms with Crippen LogP contribution in [0.4, 0.5) is 10.6 Å². The number of aliphatic hydroxyl groups is 1. The normalized spacial score (nSPS) is 22.9. The van der Waals surface area contributed by atoms with E-state index in [0.29, 0.717) is 61.6 Å². The first-order valence-electron chi connectivity index (χ1n) is 17.6. The second kappa shape index (κ2) is 14.7. The van der Waals surface area contributed by atoms with Crippen molar-refractivity contribution in [3.63, 3.8) is 0 Å². The van der Waals surface area contributed by atoms with E-state index in [1.165, 1.54) is 5.56 Å². The fourth-order valence-electron chi connectivity index (χ4n) is 7.18. The van der Waals surface area contributed by atoms with Gasteiger partial charge < -0.3 is 24.3 Å². The molecule has 3 aliphatic carbocycles. The molecule has 0 bridgehead atoms. The number of pyridine rings is 1. The van der Waals surface area contributed by atoms with E-state index in [2.05, 4.69) is 35.4 Å². The van der Waals surface area contributed by atoms with Gasteiger partial charge in [-0.15, -0.1) is 0 Å². The van der Waals surface area contributed by atoms with Gasteiger partial charge in [-0.3, -0.25) is 9.69 Å². The van der Waals surface area contributed by atoms with Gasteiger partial charge >= 0.3 is 6.09 Å². The number of carbonyl (C=O) groups is 2. The standard InChI is InChI=1S/C38H50N4O6/c1-24-19-29(13-16-32(24)46-4)26-7-5-25(6-8-26)22-42(34-20-30(17-18-39-34)33-21-40-35(48-33)27-9-10-27)36(43)28-11-14-31(15-12-28)47-37(44)41-23-38(2,3)45/h13,16-21,25-28,31,45H,5-12,14-15,22-23H2,1-4H3,(H,41,44). The SMILES string of the molecule is COc1ccc(C2CCC(CN(C(=O)C3CCC(OC(=O)NCC(C)(C)O)CC3)c3cc(-c4cnc(C5CC5)o4)ccn3)CC2)cc1C. The Morgan fingerprint density at radius 2 is 1.71 bits per heavy atom. The van der Waals surface area contributed by atoms with Crippen molar-refractivity contribution in [1.29, 1.82) is 0 Å². The summed E-state index contributed by atoms with van der Waals surface area (Å²) in [5.41, 5.74) is 2.37. The Hall–Kier alpha value is -3.92. The van der Waals surface area contributed by atoms with Crippen molar-refractivity contribution in [3.8, 4) is 17.1 Å². The molecule has 0 radical (unpaired) electrons. The lowest BCUT2D eigenvalue weighted by Crippen LogP contribution is -2.43. The molecule has 48 heavy (non-hydrogen) atoms. The van der Waals surface area contributed by atoms with Gasteiger partial charge in [-0.2, -0.15) is 0 Å². The summed E-state index contributed by atoms with van der Waals surface area (Å²) in [6, 6.07) is 10.4. The summed E-state index contributed by atoms with van der Waals surface area (Å²) in [5, 5.41) is 12.5. The van der Waals surface area contributed by atoms with Crippen LogP contribution in [-0.4, -0.2) is 59.0 Å². The van der Waals surface area contributed by atoms with Crippen LogP contribution in [0.25, 0.3) is 11.3 Å². The van der Waals surface area contributed by atoms with E-state index in [-0.39, 0.29) is 24.5 Å². The Bertz CT molecular complexity index is 1560. The number of carbonyl (C=O) groups excluding carboxylic acids is 2. The summed E-state index contributed by atoms with van der Waals surface area (Å²) in [6.45, 7) is 6.08. The number of nitrogens with one attached hydrogen (secondary N) is 1. The van der Waals surface area contributed by atoms with Crippen LogP contribution in [0.2, 0.25) is 0 Å². The van der Waals surface area contributed by atoms with Crippen molar-refractivity contribution in [2.45, 2.75) is 109 Å². The minimum Gasteiger partial charge on any atom is -0.496 e. The monoisotopic (exact) mass is 658 g/mol. The maximum Gasteiger partial charge on any atom is 0.407 e. The number of amides is 2. The van der Waals surface area contributed by atoms with Crippen molar-refractivity contribution < 1.29 is 28.6 Å². The first-order chi connectivity index (χ1) is 23.1. The fraction of sp³-hybridized carbons (Fsp3) is 0.579. The number of nitrogens with zero attached hydrogens (tertiary/aromatic N) is 3. The molecule has 3 saturated carbocycles. The summed E-state index contributed by atoms with van der Waals surface area (Å²) in [6.07, 6.45) is 11.7. The predicted octanol–water partition coefficient (Wildman–Crippen LogP) is 7.29. The molecular weight excluding hydrogens is 608 g/mol. The molecule has 3 aliphatic rings. The number of rotatable bonds is 11. The lowest BCUT2D eigenvalue weighted by Gasteiger charge is -2.35. The zero-order valence-electron chi connectivity index (χ0n) is 28.7. The van der Waals surface area contributed by atoms with Crippen LogP contribution in [-0.2, 0) is 9.53 Å². The van der Waals surface area contributed by atoms with E-state index in [0.717, 1.165) is 61.3 Å². The van der Waals surface area contributed by atoms with E-state index >= 15 is 0 Å². The van der Waals surface area contributed by atoms with Crippen molar-refractivity contribution >= 4 is 17.8 Å². The van der Waals surface area contributed by atoms with Gasteiger partial charge in [0.25, 0.3) is 0 Å².